The molecular formula is C38H38FN5O5. The van der Waals surface area contributed by atoms with Gasteiger partial charge in [-0.15, -0.1) is 0 Å². The predicted molar refractivity (Wildman–Crippen MR) is 186 cm³/mol. The summed E-state index contributed by atoms with van der Waals surface area (Å²) in [5, 5.41) is 4.53. The highest BCUT2D eigenvalue weighted by Crippen LogP contribution is 2.31. The van der Waals surface area contributed by atoms with Crippen LogP contribution in [0.25, 0.3) is 27.8 Å². The number of nitrogens with zero attached hydrogens (tertiary/aromatic N) is 4. The molecule has 0 radical (unpaired) electrons. The molecule has 252 valence electrons. The average molecular weight is 664 g/mol. The summed E-state index contributed by atoms with van der Waals surface area (Å²) in [7, 11) is 1.35. The number of aryl methyl sites for hydroxylation is 1. The Hall–Kier alpha value is -5.71. The molecule has 10 nitrogen and oxygen atoms in total. The number of hydrogen-bond donors (Lipinski definition) is 1. The zero-order chi connectivity index (χ0) is 34.7. The minimum atomic E-state index is -0.453. The Bertz CT molecular complexity index is 2040. The zero-order valence-electron chi connectivity index (χ0n) is 27.9. The molecule has 0 saturated carbocycles. The summed E-state index contributed by atoms with van der Waals surface area (Å²) >= 11 is 0. The van der Waals surface area contributed by atoms with E-state index < -0.39 is 17.8 Å². The first kappa shape index (κ1) is 33.2. The van der Waals surface area contributed by atoms with Crippen molar-refractivity contribution >= 4 is 34.2 Å². The molecule has 6 rings (SSSR count). The number of carbonyl (C=O) groups excluding carboxylic acids is 3. The van der Waals surface area contributed by atoms with Gasteiger partial charge in [-0.05, 0) is 66.6 Å². The maximum absolute atomic E-state index is 15.4. The van der Waals surface area contributed by atoms with E-state index in [9.17, 15) is 14.4 Å². The number of benzene rings is 4. The molecule has 0 bridgehead atoms. The van der Waals surface area contributed by atoms with Crippen molar-refractivity contribution in [2.24, 2.45) is 0 Å². The van der Waals surface area contributed by atoms with Crippen molar-refractivity contribution in [1.29, 1.82) is 0 Å². The van der Waals surface area contributed by atoms with E-state index in [2.05, 4.69) is 10.2 Å². The molecule has 2 amide bonds. The second-order valence-electron chi connectivity index (χ2n) is 12.0. The highest BCUT2D eigenvalue weighted by atomic mass is 19.1. The lowest BCUT2D eigenvalue weighted by Gasteiger charge is -2.42. The van der Waals surface area contributed by atoms with E-state index in [1.165, 1.54) is 20.1 Å². The molecule has 1 fully saturated rings. The minimum Gasteiger partial charge on any atom is -0.494 e. The van der Waals surface area contributed by atoms with Crippen LogP contribution in [0.4, 0.5) is 10.1 Å². The first-order valence-corrected chi connectivity index (χ1v) is 16.2. The van der Waals surface area contributed by atoms with E-state index in [0.717, 1.165) is 22.0 Å². The molecule has 49 heavy (non-hydrogen) atoms. The van der Waals surface area contributed by atoms with Crippen molar-refractivity contribution in [2.45, 2.75) is 26.8 Å². The summed E-state index contributed by atoms with van der Waals surface area (Å²) in [5.41, 5.74) is 3.06. The van der Waals surface area contributed by atoms with E-state index in [-0.39, 0.29) is 35.4 Å². The summed E-state index contributed by atoms with van der Waals surface area (Å²) in [5.74, 6) is -0.558. The Morgan fingerprint density at radius 1 is 0.980 bits per heavy atom. The molecule has 5 aromatic rings. The van der Waals surface area contributed by atoms with Crippen molar-refractivity contribution in [3.05, 3.63) is 108 Å². The Kier molecular flexibility index (Phi) is 9.61. The number of halogens is 1. The third kappa shape index (κ3) is 6.96. The first-order chi connectivity index (χ1) is 23.7. The number of imidazole rings is 1. The summed E-state index contributed by atoms with van der Waals surface area (Å²) < 4.78 is 27.9. The zero-order valence-corrected chi connectivity index (χ0v) is 27.9. The molecule has 1 aliphatic heterocycles. The van der Waals surface area contributed by atoms with Crippen molar-refractivity contribution in [3.63, 3.8) is 0 Å². The predicted octanol–water partition coefficient (Wildman–Crippen LogP) is 5.79. The SMILES string of the molecule is CCOc1cccc(-n2cc(C(=O)N3CCN(c4cc(C(=O)OC)c5ccccc5c4)C[C@H]3CNC(C)=O)nc2-c2ccc(C)cc2F)c1. The van der Waals surface area contributed by atoms with E-state index >= 15 is 4.39 Å². The van der Waals surface area contributed by atoms with Gasteiger partial charge in [0.25, 0.3) is 5.91 Å². The molecule has 4 aromatic carbocycles. The largest absolute Gasteiger partial charge is 0.494 e. The maximum Gasteiger partial charge on any atom is 0.338 e. The fraction of sp³-hybridized carbons (Fsp3) is 0.263. The van der Waals surface area contributed by atoms with Crippen molar-refractivity contribution in [1.82, 2.24) is 19.8 Å². The molecule has 11 heteroatoms. The number of piperazine rings is 1. The van der Waals surface area contributed by atoms with E-state index in [4.69, 9.17) is 14.5 Å². The quantitative estimate of drug-likeness (QED) is 0.199. The number of nitrogens with one attached hydrogen (secondary N) is 1. The van der Waals surface area contributed by atoms with Gasteiger partial charge in [0.2, 0.25) is 5.91 Å². The van der Waals surface area contributed by atoms with Crippen LogP contribution in [0.3, 0.4) is 0 Å². The number of rotatable bonds is 9. The number of aromatic nitrogens is 2. The van der Waals surface area contributed by atoms with Crippen LogP contribution in [-0.2, 0) is 9.53 Å². The molecule has 1 N–H and O–H groups in total. The Morgan fingerprint density at radius 2 is 1.80 bits per heavy atom. The van der Waals surface area contributed by atoms with Gasteiger partial charge in [0.15, 0.2) is 0 Å². The molecule has 0 unspecified atom stereocenters. The number of carbonyl (C=O) groups is 3. The van der Waals surface area contributed by atoms with Crippen molar-refractivity contribution in [3.8, 4) is 22.8 Å². The van der Waals surface area contributed by atoms with Gasteiger partial charge in [-0.3, -0.25) is 14.2 Å². The van der Waals surface area contributed by atoms with Gasteiger partial charge in [0.05, 0.1) is 36.6 Å². The molecule has 1 saturated heterocycles. The van der Waals surface area contributed by atoms with Crippen LogP contribution in [0.5, 0.6) is 5.75 Å². The summed E-state index contributed by atoms with van der Waals surface area (Å²) in [4.78, 5) is 47.6. The van der Waals surface area contributed by atoms with Crippen molar-refractivity contribution in [2.75, 3.05) is 44.8 Å². The molecule has 1 aromatic heterocycles. The van der Waals surface area contributed by atoms with Gasteiger partial charge in [-0.2, -0.15) is 0 Å². The monoisotopic (exact) mass is 663 g/mol. The normalized spacial score (nSPS) is 14.5. The van der Waals surface area contributed by atoms with Gasteiger partial charge in [0.1, 0.15) is 23.1 Å². The number of ether oxygens (including phenoxy) is 2. The van der Waals surface area contributed by atoms with Gasteiger partial charge in [-0.1, -0.05) is 36.4 Å². The average Bonchev–Trinajstić information content (AvgIpc) is 3.55. The lowest BCUT2D eigenvalue weighted by molar-refractivity contribution is -0.119. The van der Waals surface area contributed by atoms with Crippen LogP contribution in [-0.4, -0.2) is 78.2 Å². The molecule has 2 heterocycles. The number of methoxy groups -OCH3 is 1. The number of hydrogen-bond acceptors (Lipinski definition) is 7. The van der Waals surface area contributed by atoms with Crippen LogP contribution in [0, 0.1) is 12.7 Å². The second kappa shape index (κ2) is 14.2. The fourth-order valence-corrected chi connectivity index (χ4v) is 6.26. The standard InChI is InChI=1S/C38H38FN5O5/c1-5-49-30-11-8-10-27(19-30)44-23-35(41-36(44)32-14-13-24(2)17-34(32)39)37(46)43-16-15-42(22-29(43)21-40-25(3)45)28-18-26-9-6-7-12-31(26)33(20-28)38(47)48-4/h6-14,17-20,23,29H,5,15-16,21-22H2,1-4H3,(H,40,45)/t29-/m1/s1. The minimum absolute atomic E-state index is 0.136. The molecule has 1 atom stereocenters. The Balaban J connectivity index is 1.36. The Morgan fingerprint density at radius 3 is 2.55 bits per heavy atom. The van der Waals surface area contributed by atoms with Crippen LogP contribution in [0.2, 0.25) is 0 Å². The highest BCUT2D eigenvalue weighted by Gasteiger charge is 2.34. The van der Waals surface area contributed by atoms with Crippen LogP contribution in [0.15, 0.2) is 85.1 Å². The van der Waals surface area contributed by atoms with Crippen LogP contribution < -0.4 is 15.0 Å². The number of anilines is 1. The van der Waals surface area contributed by atoms with Crippen LogP contribution in [0.1, 0.15) is 40.3 Å². The lowest BCUT2D eigenvalue weighted by Crippen LogP contribution is -2.59. The van der Waals surface area contributed by atoms with E-state index in [0.29, 0.717) is 43.2 Å². The number of fused-ring (bicyclic) bond motifs is 1. The van der Waals surface area contributed by atoms with Crippen molar-refractivity contribution < 1.29 is 28.2 Å². The third-order valence-electron chi connectivity index (χ3n) is 8.64. The summed E-state index contributed by atoms with van der Waals surface area (Å²) in [6.07, 6.45) is 1.62. The van der Waals surface area contributed by atoms with Gasteiger partial charge in [-0.25, -0.2) is 14.2 Å². The molecule has 0 aliphatic carbocycles. The van der Waals surface area contributed by atoms with Gasteiger partial charge >= 0.3 is 5.97 Å². The third-order valence-corrected chi connectivity index (χ3v) is 8.64. The van der Waals surface area contributed by atoms with Gasteiger partial charge < -0.3 is 24.6 Å². The first-order valence-electron chi connectivity index (χ1n) is 16.2. The summed E-state index contributed by atoms with van der Waals surface area (Å²) in [6.45, 7) is 6.95. The smallest absolute Gasteiger partial charge is 0.338 e. The maximum atomic E-state index is 15.4. The summed E-state index contributed by atoms with van der Waals surface area (Å²) in [6, 6.07) is 23.2. The Labute approximate surface area is 284 Å². The lowest BCUT2D eigenvalue weighted by atomic mass is 10.0. The number of esters is 1. The molecule has 0 spiro atoms. The van der Waals surface area contributed by atoms with Gasteiger partial charge in [0, 0.05) is 51.1 Å². The highest BCUT2D eigenvalue weighted by molar-refractivity contribution is 6.06. The fourth-order valence-electron chi connectivity index (χ4n) is 6.26. The molecule has 1 aliphatic rings. The topological polar surface area (TPSA) is 106 Å². The van der Waals surface area contributed by atoms with E-state index in [1.54, 1.807) is 27.8 Å². The van der Waals surface area contributed by atoms with E-state index in [1.807, 2.05) is 74.5 Å². The second-order valence-corrected chi connectivity index (χ2v) is 12.0. The number of amides is 2. The van der Waals surface area contributed by atoms with Crippen LogP contribution >= 0.6 is 0 Å². The molecular weight excluding hydrogens is 625 g/mol.